The second-order valence-corrected chi connectivity index (χ2v) is 6.70. The summed E-state index contributed by atoms with van der Waals surface area (Å²) in [6.07, 6.45) is 5.49. The van der Waals surface area contributed by atoms with Gasteiger partial charge >= 0.3 is 0 Å². The average molecular weight is 233 g/mol. The molecule has 2 N–H and O–H groups in total. The third-order valence-corrected chi connectivity index (χ3v) is 5.51. The van der Waals surface area contributed by atoms with Crippen LogP contribution >= 0.6 is 23.5 Å². The molecule has 0 radical (unpaired) electrons. The fourth-order valence-electron chi connectivity index (χ4n) is 1.04. The summed E-state index contributed by atoms with van der Waals surface area (Å²) in [6.45, 7) is 0. The minimum atomic E-state index is -3.46. The molecule has 0 aromatic rings. The molecule has 3 nitrogen and oxygen atoms in total. The first kappa shape index (κ1) is 9.39. The number of fused-ring (bicyclic) bond motifs is 1. The summed E-state index contributed by atoms with van der Waals surface area (Å²) in [6, 6.07) is 0. The molecule has 0 saturated heterocycles. The Morgan fingerprint density at radius 3 is 2.77 bits per heavy atom. The van der Waals surface area contributed by atoms with Crippen LogP contribution in [0.2, 0.25) is 0 Å². The largest absolute Gasteiger partial charge is 0.227 e. The van der Waals surface area contributed by atoms with Crippen molar-refractivity contribution < 1.29 is 8.42 Å². The maximum absolute atomic E-state index is 11.0. The van der Waals surface area contributed by atoms with Gasteiger partial charge in [0.1, 0.15) is 4.58 Å². The fraction of sp³-hybridized carbons (Fsp3) is 0.143. The zero-order chi connectivity index (χ0) is 9.47. The predicted octanol–water partition coefficient (Wildman–Crippen LogP) is 1.38. The third-order valence-electron chi connectivity index (χ3n) is 1.62. The van der Waals surface area contributed by atoms with Crippen LogP contribution in [0, 0.1) is 0 Å². The lowest BCUT2D eigenvalue weighted by Crippen LogP contribution is -2.22. The average Bonchev–Trinajstić information content (AvgIpc) is 2.45. The van der Waals surface area contributed by atoms with Gasteiger partial charge in [0.05, 0.1) is 0 Å². The highest BCUT2D eigenvalue weighted by Crippen LogP contribution is 2.45. The summed E-state index contributed by atoms with van der Waals surface area (Å²) in [4.78, 5) is 1.98. The van der Waals surface area contributed by atoms with Crippen LogP contribution in [0.15, 0.2) is 33.4 Å². The van der Waals surface area contributed by atoms with E-state index in [1.165, 1.54) is 23.5 Å². The third kappa shape index (κ3) is 1.85. The van der Waals surface area contributed by atoms with Gasteiger partial charge in [-0.2, -0.15) is 0 Å². The monoisotopic (exact) mass is 233 g/mol. The Labute approximate surface area is 85.2 Å². The van der Waals surface area contributed by atoms with Gasteiger partial charge in [-0.25, -0.2) is 13.6 Å². The highest BCUT2D eigenvalue weighted by Gasteiger charge is 2.29. The van der Waals surface area contributed by atoms with Crippen molar-refractivity contribution in [1.29, 1.82) is 0 Å². The van der Waals surface area contributed by atoms with E-state index in [1.807, 2.05) is 17.6 Å². The van der Waals surface area contributed by atoms with E-state index >= 15 is 0 Å². The molecule has 2 aliphatic rings. The van der Waals surface area contributed by atoms with Gasteiger partial charge < -0.3 is 0 Å². The van der Waals surface area contributed by atoms with Gasteiger partial charge in [0.2, 0.25) is 10.0 Å². The quantitative estimate of drug-likeness (QED) is 0.743. The minimum Gasteiger partial charge on any atom is -0.227 e. The van der Waals surface area contributed by atoms with Crippen LogP contribution in [0.1, 0.15) is 0 Å². The molecule has 0 saturated carbocycles. The molecule has 70 valence electrons. The summed E-state index contributed by atoms with van der Waals surface area (Å²) >= 11 is 2.81. The van der Waals surface area contributed by atoms with Gasteiger partial charge in [0.25, 0.3) is 0 Å². The van der Waals surface area contributed by atoms with E-state index in [2.05, 4.69) is 0 Å². The summed E-state index contributed by atoms with van der Waals surface area (Å²) in [5.41, 5.74) is 0. The van der Waals surface area contributed by atoms with E-state index in [9.17, 15) is 8.42 Å². The van der Waals surface area contributed by atoms with Gasteiger partial charge in [0.15, 0.2) is 0 Å². The number of hydrogen-bond donors (Lipinski definition) is 1. The first-order chi connectivity index (χ1) is 6.07. The number of primary sulfonamides is 1. The van der Waals surface area contributed by atoms with Crippen LogP contribution in [0.3, 0.4) is 0 Å². The van der Waals surface area contributed by atoms with Gasteiger partial charge in [-0.05, 0) is 17.6 Å². The lowest BCUT2D eigenvalue weighted by atomic mass is 10.4. The molecule has 2 heterocycles. The zero-order valence-corrected chi connectivity index (χ0v) is 8.95. The zero-order valence-electron chi connectivity index (χ0n) is 6.51. The molecule has 2 aliphatic heterocycles. The van der Waals surface area contributed by atoms with Gasteiger partial charge in [0, 0.05) is 9.81 Å². The maximum Gasteiger partial charge on any atom is 0.225 e. The van der Waals surface area contributed by atoms with Crippen LogP contribution in [-0.4, -0.2) is 13.0 Å². The van der Waals surface area contributed by atoms with E-state index in [1.54, 1.807) is 6.08 Å². The van der Waals surface area contributed by atoms with Crippen molar-refractivity contribution >= 4 is 33.5 Å². The van der Waals surface area contributed by atoms with Crippen molar-refractivity contribution in [3.8, 4) is 0 Å². The molecule has 0 aromatic carbocycles. The van der Waals surface area contributed by atoms with Crippen LogP contribution < -0.4 is 5.14 Å². The molecule has 0 amide bonds. The van der Waals surface area contributed by atoms with Crippen molar-refractivity contribution in [1.82, 2.24) is 0 Å². The van der Waals surface area contributed by atoms with Crippen molar-refractivity contribution in [2.24, 2.45) is 5.14 Å². The van der Waals surface area contributed by atoms with Crippen molar-refractivity contribution in [2.75, 3.05) is 0 Å². The Hall–Kier alpha value is -0.170. The molecule has 0 spiro atoms. The predicted molar refractivity (Wildman–Crippen MR) is 57.4 cm³/mol. The van der Waals surface area contributed by atoms with Crippen LogP contribution in [0.5, 0.6) is 0 Å². The Morgan fingerprint density at radius 2 is 2.15 bits per heavy atom. The van der Waals surface area contributed by atoms with Gasteiger partial charge in [-0.3, -0.25) is 0 Å². The molecule has 0 aliphatic carbocycles. The lowest BCUT2D eigenvalue weighted by Gasteiger charge is -2.04. The van der Waals surface area contributed by atoms with E-state index < -0.39 is 14.6 Å². The first-order valence-electron chi connectivity index (χ1n) is 3.51. The van der Waals surface area contributed by atoms with Gasteiger partial charge in [-0.15, -0.1) is 0 Å². The van der Waals surface area contributed by atoms with Crippen molar-refractivity contribution in [3.63, 3.8) is 0 Å². The number of sulfonamides is 1. The topological polar surface area (TPSA) is 60.2 Å². The standard InChI is InChI=1S/C7H7NO2S3/c8-13(9,10)7-4-6-5(12-7)2-1-3-11-6/h1-4,7H,(H2,8,9,10). The number of rotatable bonds is 1. The van der Waals surface area contributed by atoms with Gasteiger partial charge in [-0.1, -0.05) is 29.6 Å². The summed E-state index contributed by atoms with van der Waals surface area (Å²) in [5.74, 6) is 0. The molecule has 2 rings (SSSR count). The second-order valence-electron chi connectivity index (χ2n) is 2.58. The summed E-state index contributed by atoms with van der Waals surface area (Å²) in [5, 5.41) is 6.96. The SMILES string of the molecule is NS(=O)(=O)C1C=C2SC=CC=C2S1. The van der Waals surface area contributed by atoms with Crippen molar-refractivity contribution in [3.05, 3.63) is 33.4 Å². The molecule has 0 aromatic heterocycles. The Balaban J connectivity index is 2.33. The minimum absolute atomic E-state index is 0.610. The maximum atomic E-state index is 11.0. The highest BCUT2D eigenvalue weighted by molar-refractivity contribution is 8.17. The molecule has 0 bridgehead atoms. The number of allylic oxidation sites excluding steroid dienone is 2. The summed E-state index contributed by atoms with van der Waals surface area (Å²) < 4.78 is 21.5. The highest BCUT2D eigenvalue weighted by atomic mass is 32.3. The Morgan fingerprint density at radius 1 is 1.38 bits per heavy atom. The van der Waals surface area contributed by atoms with E-state index in [4.69, 9.17) is 5.14 Å². The van der Waals surface area contributed by atoms with Crippen LogP contribution in [-0.2, 0) is 10.0 Å². The second kappa shape index (κ2) is 3.20. The summed E-state index contributed by atoms with van der Waals surface area (Å²) in [7, 11) is -3.46. The number of nitrogens with two attached hydrogens (primary N) is 1. The molecular formula is C7H7NO2S3. The molecule has 0 fully saturated rings. The Kier molecular flexibility index (Phi) is 2.31. The molecule has 13 heavy (non-hydrogen) atoms. The number of thioether (sulfide) groups is 2. The molecule has 1 atom stereocenters. The first-order valence-corrected chi connectivity index (χ1v) is 6.88. The van der Waals surface area contributed by atoms with Crippen LogP contribution in [0.4, 0.5) is 0 Å². The van der Waals surface area contributed by atoms with E-state index in [0.717, 1.165) is 9.81 Å². The van der Waals surface area contributed by atoms with E-state index in [0.29, 0.717) is 0 Å². The molecule has 6 heteroatoms. The smallest absolute Gasteiger partial charge is 0.225 e. The van der Waals surface area contributed by atoms with Crippen LogP contribution in [0.25, 0.3) is 0 Å². The van der Waals surface area contributed by atoms with Crippen molar-refractivity contribution in [2.45, 2.75) is 4.58 Å². The number of hydrogen-bond acceptors (Lipinski definition) is 4. The molecule has 1 unspecified atom stereocenters. The normalized spacial score (nSPS) is 26.7. The molecular weight excluding hydrogens is 226 g/mol. The fourth-order valence-corrected chi connectivity index (χ4v) is 4.18. The van der Waals surface area contributed by atoms with E-state index in [-0.39, 0.29) is 0 Å². The Bertz CT molecular complexity index is 419. The lowest BCUT2D eigenvalue weighted by molar-refractivity contribution is 0.599.